The lowest BCUT2D eigenvalue weighted by Crippen LogP contribution is -2.51. The maximum Gasteiger partial charge on any atom is 0.409 e. The third-order valence-electron chi connectivity index (χ3n) is 5.89. The molecular weight excluding hydrogens is 308 g/mol. The van der Waals surface area contributed by atoms with Crippen molar-refractivity contribution in [2.24, 2.45) is 17.8 Å². The molecule has 0 aromatic carbocycles. The van der Waals surface area contributed by atoms with Crippen molar-refractivity contribution in [3.8, 4) is 0 Å². The zero-order valence-corrected chi connectivity index (χ0v) is 14.9. The van der Waals surface area contributed by atoms with Gasteiger partial charge in [-0.3, -0.25) is 4.90 Å². The van der Waals surface area contributed by atoms with E-state index in [1.165, 1.54) is 25.7 Å². The third-order valence-corrected chi connectivity index (χ3v) is 5.89. The van der Waals surface area contributed by atoms with Crippen LogP contribution in [0.1, 0.15) is 32.6 Å². The van der Waals surface area contributed by atoms with E-state index in [1.807, 2.05) is 6.92 Å². The SMILES string of the molecule is CCOC(=O)N1CCN(C[C@@H](O)COC[C@@H]2C[C@H]3CC[C@H]2C3)CC1. The predicted octanol–water partition coefficient (Wildman–Crippen LogP) is 1.57. The Labute approximate surface area is 145 Å². The van der Waals surface area contributed by atoms with Crippen molar-refractivity contribution in [3.05, 3.63) is 0 Å². The molecule has 1 saturated heterocycles. The number of amides is 1. The Kier molecular flexibility index (Phi) is 6.36. The summed E-state index contributed by atoms with van der Waals surface area (Å²) >= 11 is 0. The van der Waals surface area contributed by atoms with Gasteiger partial charge in [-0.25, -0.2) is 4.79 Å². The van der Waals surface area contributed by atoms with Gasteiger partial charge in [0.05, 0.1) is 19.3 Å². The molecule has 2 aliphatic carbocycles. The van der Waals surface area contributed by atoms with Gasteiger partial charge in [-0.1, -0.05) is 6.42 Å². The number of hydrogen-bond donors (Lipinski definition) is 1. The molecular formula is C18H32N2O4. The fraction of sp³-hybridized carbons (Fsp3) is 0.944. The number of rotatable bonds is 7. The van der Waals surface area contributed by atoms with Crippen LogP contribution in [0.5, 0.6) is 0 Å². The highest BCUT2D eigenvalue weighted by molar-refractivity contribution is 5.67. The van der Waals surface area contributed by atoms with Crippen LogP contribution in [-0.4, -0.2) is 79.6 Å². The van der Waals surface area contributed by atoms with E-state index < -0.39 is 6.10 Å². The molecule has 1 heterocycles. The minimum absolute atomic E-state index is 0.230. The fourth-order valence-corrected chi connectivity index (χ4v) is 4.61. The molecule has 3 fully saturated rings. The maximum atomic E-state index is 11.7. The highest BCUT2D eigenvalue weighted by atomic mass is 16.6. The van der Waals surface area contributed by atoms with Crippen LogP contribution >= 0.6 is 0 Å². The minimum Gasteiger partial charge on any atom is -0.450 e. The molecule has 6 heteroatoms. The van der Waals surface area contributed by atoms with E-state index in [-0.39, 0.29) is 6.09 Å². The summed E-state index contributed by atoms with van der Waals surface area (Å²) in [7, 11) is 0. The Morgan fingerprint density at radius 3 is 2.62 bits per heavy atom. The maximum absolute atomic E-state index is 11.7. The zero-order valence-electron chi connectivity index (χ0n) is 14.9. The van der Waals surface area contributed by atoms with Crippen molar-refractivity contribution in [2.45, 2.75) is 38.7 Å². The van der Waals surface area contributed by atoms with Gasteiger partial charge in [0.2, 0.25) is 0 Å². The molecule has 2 bridgehead atoms. The Morgan fingerprint density at radius 1 is 1.21 bits per heavy atom. The van der Waals surface area contributed by atoms with E-state index in [9.17, 15) is 9.90 Å². The highest BCUT2D eigenvalue weighted by Crippen LogP contribution is 2.48. The Hall–Kier alpha value is -0.850. The number of ether oxygens (including phenoxy) is 2. The molecule has 6 nitrogen and oxygen atoms in total. The van der Waals surface area contributed by atoms with Crippen molar-refractivity contribution in [1.29, 1.82) is 0 Å². The van der Waals surface area contributed by atoms with E-state index in [2.05, 4.69) is 4.90 Å². The van der Waals surface area contributed by atoms with Crippen molar-refractivity contribution in [3.63, 3.8) is 0 Å². The summed E-state index contributed by atoms with van der Waals surface area (Å²) in [5.41, 5.74) is 0. The van der Waals surface area contributed by atoms with Gasteiger partial charge < -0.3 is 19.5 Å². The van der Waals surface area contributed by atoms with E-state index in [1.54, 1.807) is 4.90 Å². The first-order valence-electron chi connectivity index (χ1n) is 9.55. The Balaban J connectivity index is 1.27. The van der Waals surface area contributed by atoms with Gasteiger partial charge in [-0.15, -0.1) is 0 Å². The van der Waals surface area contributed by atoms with E-state index in [0.29, 0.717) is 32.8 Å². The van der Waals surface area contributed by atoms with Crippen LogP contribution in [0.25, 0.3) is 0 Å². The summed E-state index contributed by atoms with van der Waals surface area (Å²) in [4.78, 5) is 15.6. The van der Waals surface area contributed by atoms with Gasteiger partial charge in [-0.2, -0.15) is 0 Å². The van der Waals surface area contributed by atoms with Crippen molar-refractivity contribution in [2.75, 3.05) is 52.5 Å². The summed E-state index contributed by atoms with van der Waals surface area (Å²) in [6.45, 7) is 6.98. The first-order chi connectivity index (χ1) is 11.7. The van der Waals surface area contributed by atoms with E-state index in [4.69, 9.17) is 9.47 Å². The molecule has 0 aromatic rings. The van der Waals surface area contributed by atoms with E-state index in [0.717, 1.165) is 37.5 Å². The molecule has 138 valence electrons. The second kappa shape index (κ2) is 8.50. The van der Waals surface area contributed by atoms with Crippen LogP contribution in [0.4, 0.5) is 4.79 Å². The molecule has 1 N–H and O–H groups in total. The second-order valence-electron chi connectivity index (χ2n) is 7.61. The van der Waals surface area contributed by atoms with Crippen LogP contribution in [0.2, 0.25) is 0 Å². The smallest absolute Gasteiger partial charge is 0.409 e. The Morgan fingerprint density at radius 2 is 2.00 bits per heavy atom. The number of nitrogens with zero attached hydrogens (tertiary/aromatic N) is 2. The highest BCUT2D eigenvalue weighted by Gasteiger charge is 2.39. The topological polar surface area (TPSA) is 62.2 Å². The number of aliphatic hydroxyl groups is 1. The molecule has 0 spiro atoms. The Bertz CT molecular complexity index is 412. The van der Waals surface area contributed by atoms with Crippen molar-refractivity contribution in [1.82, 2.24) is 9.80 Å². The van der Waals surface area contributed by atoms with E-state index >= 15 is 0 Å². The zero-order chi connectivity index (χ0) is 16.9. The largest absolute Gasteiger partial charge is 0.450 e. The molecule has 0 unspecified atom stereocenters. The lowest BCUT2D eigenvalue weighted by Gasteiger charge is -2.35. The van der Waals surface area contributed by atoms with Crippen LogP contribution < -0.4 is 0 Å². The number of hydrogen-bond acceptors (Lipinski definition) is 5. The van der Waals surface area contributed by atoms with Crippen LogP contribution in [0.15, 0.2) is 0 Å². The monoisotopic (exact) mass is 340 g/mol. The molecule has 0 radical (unpaired) electrons. The first-order valence-corrected chi connectivity index (χ1v) is 9.55. The van der Waals surface area contributed by atoms with Crippen molar-refractivity contribution < 1.29 is 19.4 Å². The van der Waals surface area contributed by atoms with Gasteiger partial charge in [0.15, 0.2) is 0 Å². The molecule has 3 rings (SSSR count). The second-order valence-corrected chi connectivity index (χ2v) is 7.61. The van der Waals surface area contributed by atoms with Crippen LogP contribution in [0, 0.1) is 17.8 Å². The van der Waals surface area contributed by atoms with Gasteiger partial charge in [-0.05, 0) is 43.9 Å². The predicted molar refractivity (Wildman–Crippen MR) is 90.8 cm³/mol. The summed E-state index contributed by atoms with van der Waals surface area (Å²) in [5, 5.41) is 10.2. The number of carbonyl (C=O) groups excluding carboxylic acids is 1. The first kappa shape index (κ1) is 18.0. The summed E-state index contributed by atoms with van der Waals surface area (Å²) in [6, 6.07) is 0. The van der Waals surface area contributed by atoms with Crippen molar-refractivity contribution >= 4 is 6.09 Å². The number of carbonyl (C=O) groups is 1. The summed E-state index contributed by atoms with van der Waals surface area (Å²) in [5.74, 6) is 2.55. The number of β-amino-alcohol motifs (C(OH)–C–C–N with tert-alkyl or cyclic N) is 1. The molecule has 2 saturated carbocycles. The number of piperazine rings is 1. The normalized spacial score (nSPS) is 31.4. The molecule has 4 atom stereocenters. The average molecular weight is 340 g/mol. The molecule has 0 aromatic heterocycles. The van der Waals surface area contributed by atoms with Gasteiger partial charge in [0.1, 0.15) is 0 Å². The summed E-state index contributed by atoms with van der Waals surface area (Å²) in [6.07, 6.45) is 4.86. The van der Waals surface area contributed by atoms with Gasteiger partial charge in [0.25, 0.3) is 0 Å². The van der Waals surface area contributed by atoms with Gasteiger partial charge in [0, 0.05) is 39.3 Å². The number of fused-ring (bicyclic) bond motifs is 2. The number of aliphatic hydroxyl groups excluding tert-OH is 1. The minimum atomic E-state index is -0.447. The van der Waals surface area contributed by atoms with Crippen LogP contribution in [0.3, 0.4) is 0 Å². The fourth-order valence-electron chi connectivity index (χ4n) is 4.61. The summed E-state index contributed by atoms with van der Waals surface area (Å²) < 4.78 is 10.8. The lowest BCUT2D eigenvalue weighted by atomic mass is 9.90. The quantitative estimate of drug-likeness (QED) is 0.762. The van der Waals surface area contributed by atoms with Crippen LogP contribution in [-0.2, 0) is 9.47 Å². The molecule has 1 aliphatic heterocycles. The molecule has 24 heavy (non-hydrogen) atoms. The molecule has 1 amide bonds. The average Bonchev–Trinajstić information content (AvgIpc) is 3.18. The molecule has 3 aliphatic rings. The standard InChI is InChI=1S/C18H32N2O4/c1-2-24-18(22)20-7-5-19(6-8-20)11-17(21)13-23-12-16-10-14-3-4-15(16)9-14/h14-17,21H,2-13H2,1H3/t14-,15-,16-,17+/m0/s1. The lowest BCUT2D eigenvalue weighted by molar-refractivity contribution is -0.00854. The van der Waals surface area contributed by atoms with Gasteiger partial charge >= 0.3 is 6.09 Å². The third kappa shape index (κ3) is 4.61.